The number of ether oxygens (including phenoxy) is 1. The zero-order valence-corrected chi connectivity index (χ0v) is 8.14. The highest BCUT2D eigenvalue weighted by Crippen LogP contribution is 2.25. The summed E-state index contributed by atoms with van der Waals surface area (Å²) in [7, 11) is 1.59. The van der Waals surface area contributed by atoms with Crippen LogP contribution in [0.3, 0.4) is 0 Å². The standard InChI is InChI=1S/C10H14N2O/c1-6-4-5-8(10(11)12)9(13-3)7(6)2/h4-5H,1-3H3,(H3,11,12). The summed E-state index contributed by atoms with van der Waals surface area (Å²) >= 11 is 0. The summed E-state index contributed by atoms with van der Waals surface area (Å²) in [5.74, 6) is 0.743. The number of nitrogens with two attached hydrogens (primary N) is 1. The first kappa shape index (κ1) is 9.58. The number of benzene rings is 1. The zero-order valence-electron chi connectivity index (χ0n) is 8.14. The molecule has 3 nitrogen and oxygen atoms in total. The monoisotopic (exact) mass is 178 g/mol. The van der Waals surface area contributed by atoms with E-state index in [-0.39, 0.29) is 5.84 Å². The van der Waals surface area contributed by atoms with E-state index in [9.17, 15) is 0 Å². The fourth-order valence-electron chi connectivity index (χ4n) is 1.27. The van der Waals surface area contributed by atoms with E-state index in [1.807, 2.05) is 26.0 Å². The Morgan fingerprint density at radius 3 is 2.46 bits per heavy atom. The number of aryl methyl sites for hydroxylation is 1. The van der Waals surface area contributed by atoms with Gasteiger partial charge < -0.3 is 10.5 Å². The smallest absolute Gasteiger partial charge is 0.132 e. The van der Waals surface area contributed by atoms with Crippen LogP contribution in [0.15, 0.2) is 12.1 Å². The first-order chi connectivity index (χ1) is 6.07. The molecular formula is C10H14N2O. The van der Waals surface area contributed by atoms with Crippen molar-refractivity contribution in [2.24, 2.45) is 5.73 Å². The second kappa shape index (κ2) is 3.47. The van der Waals surface area contributed by atoms with Crippen LogP contribution in [0.25, 0.3) is 0 Å². The number of methoxy groups -OCH3 is 1. The topological polar surface area (TPSA) is 59.1 Å². The van der Waals surface area contributed by atoms with Gasteiger partial charge in [-0.25, -0.2) is 0 Å². The van der Waals surface area contributed by atoms with Gasteiger partial charge in [0.25, 0.3) is 0 Å². The van der Waals surface area contributed by atoms with Gasteiger partial charge in [-0.15, -0.1) is 0 Å². The Morgan fingerprint density at radius 1 is 1.38 bits per heavy atom. The van der Waals surface area contributed by atoms with Crippen LogP contribution >= 0.6 is 0 Å². The number of amidine groups is 1. The molecule has 0 spiro atoms. The molecule has 0 radical (unpaired) electrons. The molecule has 70 valence electrons. The Morgan fingerprint density at radius 2 is 2.00 bits per heavy atom. The van der Waals surface area contributed by atoms with Gasteiger partial charge in [-0.05, 0) is 31.0 Å². The number of rotatable bonds is 2. The Kier molecular flexibility index (Phi) is 2.56. The van der Waals surface area contributed by atoms with Crippen molar-refractivity contribution >= 4 is 5.84 Å². The molecule has 0 heterocycles. The van der Waals surface area contributed by atoms with Crippen LogP contribution in [0, 0.1) is 19.3 Å². The molecule has 3 heteroatoms. The average molecular weight is 178 g/mol. The number of nitrogens with one attached hydrogen (secondary N) is 1. The van der Waals surface area contributed by atoms with Crippen molar-refractivity contribution < 1.29 is 4.74 Å². The Labute approximate surface area is 78.0 Å². The van der Waals surface area contributed by atoms with Gasteiger partial charge in [-0.2, -0.15) is 0 Å². The lowest BCUT2D eigenvalue weighted by atomic mass is 10.0. The van der Waals surface area contributed by atoms with Crippen molar-refractivity contribution in [3.05, 3.63) is 28.8 Å². The van der Waals surface area contributed by atoms with Crippen LogP contribution in [0.1, 0.15) is 16.7 Å². The molecule has 13 heavy (non-hydrogen) atoms. The highest BCUT2D eigenvalue weighted by Gasteiger charge is 2.09. The first-order valence-electron chi connectivity index (χ1n) is 4.06. The molecule has 0 fully saturated rings. The highest BCUT2D eigenvalue weighted by atomic mass is 16.5. The Bertz CT molecular complexity index is 345. The minimum absolute atomic E-state index is 0.0416. The van der Waals surface area contributed by atoms with E-state index < -0.39 is 0 Å². The minimum atomic E-state index is 0.0416. The number of hydrogen-bond acceptors (Lipinski definition) is 2. The molecule has 0 saturated carbocycles. The van der Waals surface area contributed by atoms with E-state index >= 15 is 0 Å². The van der Waals surface area contributed by atoms with Crippen molar-refractivity contribution in [3.8, 4) is 5.75 Å². The highest BCUT2D eigenvalue weighted by molar-refractivity contribution is 5.98. The Hall–Kier alpha value is -1.51. The molecular weight excluding hydrogens is 164 g/mol. The molecule has 0 atom stereocenters. The molecule has 0 bridgehead atoms. The molecule has 0 aliphatic carbocycles. The zero-order chi connectivity index (χ0) is 10.0. The summed E-state index contributed by atoms with van der Waals surface area (Å²) in [6.07, 6.45) is 0. The van der Waals surface area contributed by atoms with Crippen molar-refractivity contribution in [1.82, 2.24) is 0 Å². The fraction of sp³-hybridized carbons (Fsp3) is 0.300. The molecule has 0 saturated heterocycles. The lowest BCUT2D eigenvalue weighted by Crippen LogP contribution is -2.13. The SMILES string of the molecule is COc1c(C(=N)N)ccc(C)c1C. The van der Waals surface area contributed by atoms with Gasteiger partial charge >= 0.3 is 0 Å². The predicted octanol–water partition coefficient (Wildman–Crippen LogP) is 1.60. The van der Waals surface area contributed by atoms with Gasteiger partial charge in [-0.1, -0.05) is 6.07 Å². The molecule has 0 unspecified atom stereocenters. The summed E-state index contributed by atoms with van der Waals surface area (Å²) in [4.78, 5) is 0. The molecule has 0 amide bonds. The lowest BCUT2D eigenvalue weighted by Gasteiger charge is -2.11. The summed E-state index contributed by atoms with van der Waals surface area (Å²) in [5.41, 5.74) is 8.25. The van der Waals surface area contributed by atoms with Gasteiger partial charge in [0.2, 0.25) is 0 Å². The van der Waals surface area contributed by atoms with E-state index in [2.05, 4.69) is 0 Å². The van der Waals surface area contributed by atoms with Crippen molar-refractivity contribution in [2.45, 2.75) is 13.8 Å². The maximum absolute atomic E-state index is 7.34. The van der Waals surface area contributed by atoms with E-state index in [1.165, 1.54) is 0 Å². The molecule has 3 N–H and O–H groups in total. The van der Waals surface area contributed by atoms with Crippen molar-refractivity contribution in [1.29, 1.82) is 5.41 Å². The fourth-order valence-corrected chi connectivity index (χ4v) is 1.27. The quantitative estimate of drug-likeness (QED) is 0.533. The molecule has 0 aliphatic rings. The predicted molar refractivity (Wildman–Crippen MR) is 53.5 cm³/mol. The number of nitrogen functional groups attached to an aromatic ring is 1. The molecule has 1 aromatic rings. The third-order valence-corrected chi connectivity index (χ3v) is 2.17. The largest absolute Gasteiger partial charge is 0.496 e. The second-order valence-electron chi connectivity index (χ2n) is 3.00. The van der Waals surface area contributed by atoms with Gasteiger partial charge in [0.15, 0.2) is 0 Å². The summed E-state index contributed by atoms with van der Waals surface area (Å²) < 4.78 is 5.20. The van der Waals surface area contributed by atoms with E-state index in [0.29, 0.717) is 11.3 Å². The van der Waals surface area contributed by atoms with Crippen molar-refractivity contribution in [3.63, 3.8) is 0 Å². The van der Waals surface area contributed by atoms with Gasteiger partial charge in [0, 0.05) is 0 Å². The van der Waals surface area contributed by atoms with Crippen LogP contribution < -0.4 is 10.5 Å². The van der Waals surface area contributed by atoms with Gasteiger partial charge in [0.05, 0.1) is 12.7 Å². The van der Waals surface area contributed by atoms with Crippen LogP contribution in [0.5, 0.6) is 5.75 Å². The van der Waals surface area contributed by atoms with E-state index in [1.54, 1.807) is 7.11 Å². The first-order valence-corrected chi connectivity index (χ1v) is 4.06. The molecule has 1 aromatic carbocycles. The third-order valence-electron chi connectivity index (χ3n) is 2.17. The maximum Gasteiger partial charge on any atom is 0.132 e. The van der Waals surface area contributed by atoms with Crippen LogP contribution in [-0.2, 0) is 0 Å². The Balaban J connectivity index is 3.38. The van der Waals surface area contributed by atoms with Gasteiger partial charge in [-0.3, -0.25) is 5.41 Å². The van der Waals surface area contributed by atoms with Crippen LogP contribution in [0.4, 0.5) is 0 Å². The number of hydrogen-bond donors (Lipinski definition) is 2. The second-order valence-corrected chi connectivity index (χ2v) is 3.00. The van der Waals surface area contributed by atoms with Crippen LogP contribution in [0.2, 0.25) is 0 Å². The average Bonchev–Trinajstić information content (AvgIpc) is 2.09. The van der Waals surface area contributed by atoms with E-state index in [0.717, 1.165) is 11.1 Å². The summed E-state index contributed by atoms with van der Waals surface area (Å²) in [5, 5.41) is 7.34. The van der Waals surface area contributed by atoms with Gasteiger partial charge in [0.1, 0.15) is 11.6 Å². The molecule has 0 aromatic heterocycles. The summed E-state index contributed by atoms with van der Waals surface area (Å²) in [6.45, 7) is 3.96. The normalized spacial score (nSPS) is 9.77. The summed E-state index contributed by atoms with van der Waals surface area (Å²) in [6, 6.07) is 3.75. The maximum atomic E-state index is 7.34. The van der Waals surface area contributed by atoms with Crippen LogP contribution in [-0.4, -0.2) is 12.9 Å². The minimum Gasteiger partial charge on any atom is -0.496 e. The van der Waals surface area contributed by atoms with E-state index in [4.69, 9.17) is 15.9 Å². The molecule has 1 rings (SSSR count). The van der Waals surface area contributed by atoms with Crippen molar-refractivity contribution in [2.75, 3.05) is 7.11 Å². The lowest BCUT2D eigenvalue weighted by molar-refractivity contribution is 0.410. The third kappa shape index (κ3) is 1.64. The molecule has 0 aliphatic heterocycles.